The van der Waals surface area contributed by atoms with E-state index in [0.29, 0.717) is 12.1 Å². The van der Waals surface area contributed by atoms with E-state index in [4.69, 9.17) is 29.0 Å². The monoisotopic (exact) mass is 589 g/mol. The molecule has 1 aliphatic rings. The number of benzene rings is 1. The number of ether oxygens (including phenoxy) is 3. The highest BCUT2D eigenvalue weighted by atomic mass is 31.2. The first-order valence-electron chi connectivity index (χ1n) is 12.9. The first kappa shape index (κ1) is 30.2. The van der Waals surface area contributed by atoms with Crippen LogP contribution in [0, 0.1) is 17.2 Å². The number of anilines is 1. The SMILES string of the molecule is CCOc1nc(N)nc2c1ncn2[C@@H]1O[C@H](CO[P@@](=O)(N[C@@H](C)C(=O)OC(C)C)Oc2ccccc2)[C@@H](O)[C@H]1C#N. The van der Waals surface area contributed by atoms with E-state index in [1.165, 1.54) is 17.8 Å². The van der Waals surface area contributed by atoms with Crippen LogP contribution in [-0.4, -0.2) is 68.2 Å². The number of nitrogen functional groups attached to an aromatic ring is 1. The number of rotatable bonds is 12. The second-order valence-corrected chi connectivity index (χ2v) is 11.1. The van der Waals surface area contributed by atoms with Crippen molar-refractivity contribution in [1.82, 2.24) is 24.6 Å². The van der Waals surface area contributed by atoms with Gasteiger partial charge >= 0.3 is 13.7 Å². The third-order valence-electron chi connectivity index (χ3n) is 5.92. The molecule has 15 nitrogen and oxygen atoms in total. The van der Waals surface area contributed by atoms with Crippen molar-refractivity contribution in [3.63, 3.8) is 0 Å². The van der Waals surface area contributed by atoms with Crippen molar-refractivity contribution in [3.05, 3.63) is 36.7 Å². The Morgan fingerprint density at radius 2 is 2.02 bits per heavy atom. The van der Waals surface area contributed by atoms with Gasteiger partial charge in [-0.1, -0.05) is 18.2 Å². The van der Waals surface area contributed by atoms with Gasteiger partial charge in [-0.05, 0) is 39.8 Å². The van der Waals surface area contributed by atoms with E-state index in [-0.39, 0.29) is 23.2 Å². The Hall–Kier alpha value is -3.80. The fraction of sp³-hybridized carbons (Fsp3) is 0.480. The number of para-hydroxylation sites is 1. The summed E-state index contributed by atoms with van der Waals surface area (Å²) in [7, 11) is -4.24. The second kappa shape index (κ2) is 12.8. The molecule has 0 bridgehead atoms. The zero-order chi connectivity index (χ0) is 29.7. The quantitative estimate of drug-likeness (QED) is 0.205. The van der Waals surface area contributed by atoms with Crippen LogP contribution in [0.25, 0.3) is 11.2 Å². The highest BCUT2D eigenvalue weighted by Gasteiger charge is 2.47. The number of fused-ring (bicyclic) bond motifs is 1. The molecule has 0 amide bonds. The summed E-state index contributed by atoms with van der Waals surface area (Å²) in [6.45, 7) is 6.44. The van der Waals surface area contributed by atoms with Gasteiger partial charge < -0.3 is 29.6 Å². The molecule has 1 aromatic carbocycles. The van der Waals surface area contributed by atoms with E-state index in [2.05, 4.69) is 20.0 Å². The molecule has 1 fully saturated rings. The summed E-state index contributed by atoms with van der Waals surface area (Å²) < 4.78 is 43.2. The minimum atomic E-state index is -4.24. The minimum absolute atomic E-state index is 0.0789. The fourth-order valence-corrected chi connectivity index (χ4v) is 5.60. The number of aliphatic hydroxyl groups is 1. The predicted molar refractivity (Wildman–Crippen MR) is 144 cm³/mol. The third kappa shape index (κ3) is 6.92. The maximum absolute atomic E-state index is 13.8. The van der Waals surface area contributed by atoms with Gasteiger partial charge in [0.15, 0.2) is 17.4 Å². The van der Waals surface area contributed by atoms with Crippen molar-refractivity contribution in [2.75, 3.05) is 18.9 Å². The van der Waals surface area contributed by atoms with Crippen molar-refractivity contribution >= 4 is 30.8 Å². The van der Waals surface area contributed by atoms with Gasteiger partial charge in [0.25, 0.3) is 0 Å². The van der Waals surface area contributed by atoms with Crippen molar-refractivity contribution < 1.29 is 37.7 Å². The van der Waals surface area contributed by atoms with Gasteiger partial charge in [-0.25, -0.2) is 9.55 Å². The van der Waals surface area contributed by atoms with Crippen LogP contribution in [0.5, 0.6) is 11.6 Å². The minimum Gasteiger partial charge on any atom is -0.476 e. The van der Waals surface area contributed by atoms with Crippen LogP contribution >= 0.6 is 7.75 Å². The summed E-state index contributed by atoms with van der Waals surface area (Å²) >= 11 is 0. The van der Waals surface area contributed by atoms with Gasteiger partial charge in [0.2, 0.25) is 11.8 Å². The molecule has 0 unspecified atom stereocenters. The largest absolute Gasteiger partial charge is 0.476 e. The number of nitrogens with zero attached hydrogens (tertiary/aromatic N) is 5. The number of nitriles is 1. The van der Waals surface area contributed by atoms with Crippen molar-refractivity contribution in [1.29, 1.82) is 5.26 Å². The van der Waals surface area contributed by atoms with Gasteiger partial charge in [0.05, 0.1) is 31.7 Å². The Bertz CT molecular complexity index is 1450. The van der Waals surface area contributed by atoms with Crippen LogP contribution in [0.4, 0.5) is 5.95 Å². The lowest BCUT2D eigenvalue weighted by Crippen LogP contribution is -2.37. The zero-order valence-corrected chi connectivity index (χ0v) is 23.8. The number of aliphatic hydroxyl groups excluding tert-OH is 1. The van der Waals surface area contributed by atoms with E-state index in [1.54, 1.807) is 51.1 Å². The van der Waals surface area contributed by atoms with Crippen molar-refractivity contribution in [2.45, 2.75) is 58.3 Å². The number of nitrogens with two attached hydrogens (primary N) is 1. The van der Waals surface area contributed by atoms with Crippen molar-refractivity contribution in [2.24, 2.45) is 5.92 Å². The molecule has 4 rings (SSSR count). The zero-order valence-electron chi connectivity index (χ0n) is 22.9. The molecule has 0 saturated carbocycles. The molecule has 220 valence electrons. The average Bonchev–Trinajstić information content (AvgIpc) is 3.47. The summed E-state index contributed by atoms with van der Waals surface area (Å²) in [5.74, 6) is -1.46. The lowest BCUT2D eigenvalue weighted by atomic mass is 10.0. The Labute approximate surface area is 236 Å². The molecular weight excluding hydrogens is 557 g/mol. The molecule has 3 aromatic rings. The second-order valence-electron chi connectivity index (χ2n) is 9.39. The summed E-state index contributed by atoms with van der Waals surface area (Å²) in [5.41, 5.74) is 6.37. The van der Waals surface area contributed by atoms with Crippen LogP contribution in [0.15, 0.2) is 36.7 Å². The molecule has 1 aliphatic heterocycles. The van der Waals surface area contributed by atoms with Crippen LogP contribution in [0.2, 0.25) is 0 Å². The topological polar surface area (TPSA) is 206 Å². The van der Waals surface area contributed by atoms with E-state index in [0.717, 1.165) is 0 Å². The smallest absolute Gasteiger partial charge is 0.459 e. The molecular formula is C25H32N7O8P. The first-order chi connectivity index (χ1) is 19.5. The standard InChI is InChI=1S/C25H32N7O8P/c1-5-36-22-19-21(29-25(27)30-22)32(13-28-19)23-17(11-26)20(33)18(39-23)12-37-41(35,40-16-9-7-6-8-10-16)31-15(4)24(34)38-14(2)3/h6-10,13-15,17-18,20,23,33H,5,12H2,1-4H3,(H,31,35)(H2,27,29,30)/t15-,17+,18+,20-,23+,41-/m0/s1. The normalized spacial score (nSPS) is 22.7. The fourth-order valence-electron chi connectivity index (χ4n) is 4.10. The number of carbonyl (C=O) groups excluding carboxylic acids is 1. The van der Waals surface area contributed by atoms with E-state index >= 15 is 0 Å². The summed E-state index contributed by atoms with van der Waals surface area (Å²) in [6.07, 6.45) is -2.56. The lowest BCUT2D eigenvalue weighted by molar-refractivity contribution is -0.149. The number of aromatic nitrogens is 4. The van der Waals surface area contributed by atoms with Gasteiger partial charge in [-0.15, -0.1) is 0 Å². The van der Waals surface area contributed by atoms with Crippen LogP contribution in [-0.2, 0) is 23.4 Å². The van der Waals surface area contributed by atoms with Crippen LogP contribution in [0.3, 0.4) is 0 Å². The third-order valence-corrected chi connectivity index (χ3v) is 7.56. The lowest BCUT2D eigenvalue weighted by Gasteiger charge is -2.25. The summed E-state index contributed by atoms with van der Waals surface area (Å²) in [6, 6.07) is 9.19. The number of carbonyl (C=O) groups is 1. The maximum atomic E-state index is 13.8. The average molecular weight is 590 g/mol. The molecule has 0 spiro atoms. The van der Waals surface area contributed by atoms with E-state index < -0.39 is 56.8 Å². The molecule has 6 atom stereocenters. The Kier molecular flexibility index (Phi) is 9.42. The number of esters is 1. The van der Waals surface area contributed by atoms with E-state index in [1.807, 2.05) is 6.07 Å². The Morgan fingerprint density at radius 1 is 1.29 bits per heavy atom. The number of nitrogens with one attached hydrogen (secondary N) is 1. The van der Waals surface area contributed by atoms with Crippen LogP contribution < -0.4 is 20.1 Å². The molecule has 0 radical (unpaired) electrons. The Balaban J connectivity index is 1.56. The predicted octanol–water partition coefficient (Wildman–Crippen LogP) is 2.34. The first-order valence-corrected chi connectivity index (χ1v) is 14.4. The van der Waals surface area contributed by atoms with Gasteiger partial charge in [0.1, 0.15) is 29.9 Å². The van der Waals surface area contributed by atoms with Gasteiger partial charge in [-0.2, -0.15) is 20.3 Å². The highest BCUT2D eigenvalue weighted by molar-refractivity contribution is 7.52. The van der Waals surface area contributed by atoms with Crippen molar-refractivity contribution in [3.8, 4) is 17.7 Å². The van der Waals surface area contributed by atoms with Gasteiger partial charge in [-0.3, -0.25) is 13.9 Å². The van der Waals surface area contributed by atoms with Gasteiger partial charge in [0, 0.05) is 0 Å². The number of imidazole rings is 1. The molecule has 41 heavy (non-hydrogen) atoms. The molecule has 4 N–H and O–H groups in total. The molecule has 2 aromatic heterocycles. The number of hydrogen-bond donors (Lipinski definition) is 3. The molecule has 16 heteroatoms. The maximum Gasteiger partial charge on any atom is 0.459 e. The summed E-state index contributed by atoms with van der Waals surface area (Å²) in [5, 5.41) is 23.4. The van der Waals surface area contributed by atoms with E-state index in [9.17, 15) is 19.7 Å². The molecule has 1 saturated heterocycles. The van der Waals surface area contributed by atoms with Crippen LogP contribution in [0.1, 0.15) is 33.9 Å². The highest BCUT2D eigenvalue weighted by Crippen LogP contribution is 2.46. The number of hydrogen-bond acceptors (Lipinski definition) is 13. The summed E-state index contributed by atoms with van der Waals surface area (Å²) in [4.78, 5) is 24.9. The Morgan fingerprint density at radius 3 is 2.68 bits per heavy atom. The molecule has 3 heterocycles. The molecule has 0 aliphatic carbocycles.